The standard InChI is InChI=1S/C21H32N2O2/c1-14-9-19(20(24)16(3)15(14)2)17-5-7-23(8-6-17)18-10-21(25-11-18)12-22(4)13-21/h9,17-18,24H,5-8,10-13H2,1-4H3. The Hall–Kier alpha value is -1.10. The van der Waals surface area contributed by atoms with Crippen LogP contribution < -0.4 is 0 Å². The second kappa shape index (κ2) is 6.26. The van der Waals surface area contributed by atoms with Crippen molar-refractivity contribution in [3.63, 3.8) is 0 Å². The Morgan fingerprint density at radius 3 is 2.44 bits per heavy atom. The van der Waals surface area contributed by atoms with Gasteiger partial charge in [-0.1, -0.05) is 6.07 Å². The van der Waals surface area contributed by atoms with Crippen molar-refractivity contribution in [2.45, 2.75) is 57.6 Å². The van der Waals surface area contributed by atoms with E-state index in [1.807, 2.05) is 6.92 Å². The lowest BCUT2D eigenvalue weighted by atomic mass is 9.84. The Balaban J connectivity index is 1.39. The SMILES string of the molecule is Cc1cc(C2CCN(C3COC4(C3)CN(C)C4)CC2)c(O)c(C)c1C. The summed E-state index contributed by atoms with van der Waals surface area (Å²) in [7, 11) is 2.17. The lowest BCUT2D eigenvalue weighted by Crippen LogP contribution is -2.60. The number of phenolic OH excluding ortho intramolecular Hbond substituents is 1. The van der Waals surface area contributed by atoms with Crippen LogP contribution in [0.15, 0.2) is 6.07 Å². The van der Waals surface area contributed by atoms with E-state index in [0.29, 0.717) is 17.7 Å². The maximum atomic E-state index is 10.6. The third-order valence-electron chi connectivity index (χ3n) is 6.95. The lowest BCUT2D eigenvalue weighted by molar-refractivity contribution is -0.100. The number of piperidine rings is 1. The van der Waals surface area contributed by atoms with E-state index in [1.165, 1.54) is 23.1 Å². The van der Waals surface area contributed by atoms with Gasteiger partial charge >= 0.3 is 0 Å². The minimum atomic E-state index is 0.152. The summed E-state index contributed by atoms with van der Waals surface area (Å²) in [6.45, 7) is 11.6. The van der Waals surface area contributed by atoms with Crippen molar-refractivity contribution in [1.29, 1.82) is 0 Å². The molecule has 3 fully saturated rings. The van der Waals surface area contributed by atoms with E-state index in [2.05, 4.69) is 36.8 Å². The molecule has 0 bridgehead atoms. The number of hydrogen-bond acceptors (Lipinski definition) is 4. The molecule has 1 aromatic rings. The molecule has 3 saturated heterocycles. The zero-order chi connectivity index (χ0) is 17.8. The fourth-order valence-corrected chi connectivity index (χ4v) is 5.20. The van der Waals surface area contributed by atoms with E-state index in [-0.39, 0.29) is 5.60 Å². The highest BCUT2D eigenvalue weighted by atomic mass is 16.5. The topological polar surface area (TPSA) is 35.9 Å². The lowest BCUT2D eigenvalue weighted by Gasteiger charge is -2.45. The minimum absolute atomic E-state index is 0.152. The summed E-state index contributed by atoms with van der Waals surface area (Å²) < 4.78 is 6.16. The van der Waals surface area contributed by atoms with Gasteiger partial charge in [0.1, 0.15) is 5.75 Å². The van der Waals surface area contributed by atoms with Crippen LogP contribution in [0.3, 0.4) is 0 Å². The molecular formula is C21H32N2O2. The van der Waals surface area contributed by atoms with Crippen LogP contribution in [0.1, 0.15) is 47.4 Å². The number of likely N-dealkylation sites (tertiary alicyclic amines) is 2. The molecule has 4 nitrogen and oxygen atoms in total. The first-order valence-electron chi connectivity index (χ1n) is 9.75. The smallest absolute Gasteiger partial charge is 0.122 e. The predicted octanol–water partition coefficient (Wildman–Crippen LogP) is 2.97. The Morgan fingerprint density at radius 2 is 1.80 bits per heavy atom. The number of benzene rings is 1. The van der Waals surface area contributed by atoms with Gasteiger partial charge in [0.05, 0.1) is 12.2 Å². The number of hydrogen-bond donors (Lipinski definition) is 1. The summed E-state index contributed by atoms with van der Waals surface area (Å²) in [5.74, 6) is 1.02. The normalized spacial score (nSPS) is 27.8. The van der Waals surface area contributed by atoms with Gasteiger partial charge in [-0.25, -0.2) is 0 Å². The maximum Gasteiger partial charge on any atom is 0.122 e. The first-order valence-corrected chi connectivity index (χ1v) is 9.75. The third kappa shape index (κ3) is 2.98. The average molecular weight is 344 g/mol. The van der Waals surface area contributed by atoms with E-state index < -0.39 is 0 Å². The van der Waals surface area contributed by atoms with Gasteiger partial charge in [0.25, 0.3) is 0 Å². The Labute approximate surface area is 151 Å². The van der Waals surface area contributed by atoms with Crippen molar-refractivity contribution >= 4 is 0 Å². The van der Waals surface area contributed by atoms with Gasteiger partial charge in [0.2, 0.25) is 0 Å². The van der Waals surface area contributed by atoms with Gasteiger partial charge in [-0.05, 0) is 88.3 Å². The quantitative estimate of drug-likeness (QED) is 0.895. The number of phenols is 1. The molecule has 1 N–H and O–H groups in total. The molecule has 0 aromatic heterocycles. The van der Waals surface area contributed by atoms with Crippen LogP contribution in [-0.4, -0.2) is 66.4 Å². The van der Waals surface area contributed by atoms with Crippen LogP contribution in [0.5, 0.6) is 5.75 Å². The van der Waals surface area contributed by atoms with E-state index in [4.69, 9.17) is 4.74 Å². The highest BCUT2D eigenvalue weighted by Gasteiger charge is 2.49. The summed E-state index contributed by atoms with van der Waals surface area (Å²) in [5, 5.41) is 10.6. The Kier molecular flexibility index (Phi) is 4.33. The summed E-state index contributed by atoms with van der Waals surface area (Å²) in [6, 6.07) is 2.81. The Morgan fingerprint density at radius 1 is 1.12 bits per heavy atom. The van der Waals surface area contributed by atoms with Gasteiger partial charge < -0.3 is 14.7 Å². The van der Waals surface area contributed by atoms with Crippen LogP contribution in [0.2, 0.25) is 0 Å². The molecule has 25 heavy (non-hydrogen) atoms. The largest absolute Gasteiger partial charge is 0.507 e. The molecule has 138 valence electrons. The van der Waals surface area contributed by atoms with Crippen molar-refractivity contribution < 1.29 is 9.84 Å². The molecule has 0 radical (unpaired) electrons. The maximum absolute atomic E-state index is 10.6. The summed E-state index contributed by atoms with van der Waals surface area (Å²) in [6.07, 6.45) is 3.47. The van der Waals surface area contributed by atoms with Crippen LogP contribution >= 0.6 is 0 Å². The van der Waals surface area contributed by atoms with Gasteiger partial charge in [-0.2, -0.15) is 0 Å². The summed E-state index contributed by atoms with van der Waals surface area (Å²) in [4.78, 5) is 4.98. The number of likely N-dealkylation sites (N-methyl/N-ethyl adjacent to an activating group) is 1. The third-order valence-corrected chi connectivity index (χ3v) is 6.95. The number of aryl methyl sites for hydroxylation is 1. The van der Waals surface area contributed by atoms with Crippen molar-refractivity contribution in [2.75, 3.05) is 39.8 Å². The van der Waals surface area contributed by atoms with E-state index >= 15 is 0 Å². The second-order valence-electron chi connectivity index (χ2n) is 8.72. The average Bonchev–Trinajstić information content (AvgIpc) is 3.01. The van der Waals surface area contributed by atoms with E-state index in [1.54, 1.807) is 0 Å². The molecule has 0 aliphatic carbocycles. The molecule has 4 rings (SSSR count). The van der Waals surface area contributed by atoms with Gasteiger partial charge in [-0.3, -0.25) is 4.90 Å². The van der Waals surface area contributed by atoms with Crippen LogP contribution in [0.4, 0.5) is 0 Å². The van der Waals surface area contributed by atoms with Gasteiger partial charge in [0.15, 0.2) is 0 Å². The fraction of sp³-hybridized carbons (Fsp3) is 0.714. The molecule has 1 spiro atoms. The molecule has 4 heteroatoms. The molecule has 1 unspecified atom stereocenters. The molecular weight excluding hydrogens is 312 g/mol. The van der Waals surface area contributed by atoms with Crippen molar-refractivity contribution in [3.05, 3.63) is 28.3 Å². The van der Waals surface area contributed by atoms with E-state index in [0.717, 1.165) is 51.2 Å². The number of rotatable bonds is 2. The number of aromatic hydroxyl groups is 1. The minimum Gasteiger partial charge on any atom is -0.507 e. The molecule has 3 aliphatic rings. The molecule has 3 heterocycles. The Bertz CT molecular complexity index is 658. The molecule has 0 saturated carbocycles. The highest BCUT2D eigenvalue weighted by Crippen LogP contribution is 2.41. The van der Waals surface area contributed by atoms with Crippen molar-refractivity contribution in [2.24, 2.45) is 0 Å². The number of ether oxygens (including phenoxy) is 1. The van der Waals surface area contributed by atoms with Crippen LogP contribution in [0.25, 0.3) is 0 Å². The molecule has 1 atom stereocenters. The van der Waals surface area contributed by atoms with Crippen LogP contribution in [0, 0.1) is 20.8 Å². The molecule has 3 aliphatic heterocycles. The van der Waals surface area contributed by atoms with E-state index in [9.17, 15) is 5.11 Å². The first kappa shape index (κ1) is 17.3. The number of nitrogens with zero attached hydrogens (tertiary/aromatic N) is 2. The van der Waals surface area contributed by atoms with Gasteiger partial charge in [0, 0.05) is 19.1 Å². The molecule has 0 amide bonds. The van der Waals surface area contributed by atoms with Crippen molar-refractivity contribution in [3.8, 4) is 5.75 Å². The predicted molar refractivity (Wildman–Crippen MR) is 100 cm³/mol. The summed E-state index contributed by atoms with van der Waals surface area (Å²) >= 11 is 0. The fourth-order valence-electron chi connectivity index (χ4n) is 5.20. The monoisotopic (exact) mass is 344 g/mol. The highest BCUT2D eigenvalue weighted by molar-refractivity contribution is 5.49. The summed E-state index contributed by atoms with van der Waals surface area (Å²) in [5.41, 5.74) is 4.89. The second-order valence-corrected chi connectivity index (χ2v) is 8.72. The zero-order valence-corrected chi connectivity index (χ0v) is 16.1. The van der Waals surface area contributed by atoms with Crippen molar-refractivity contribution in [1.82, 2.24) is 9.80 Å². The first-order chi connectivity index (χ1) is 11.9. The van der Waals surface area contributed by atoms with Crippen LogP contribution in [-0.2, 0) is 4.74 Å². The zero-order valence-electron chi connectivity index (χ0n) is 16.1. The molecule has 1 aromatic carbocycles. The van der Waals surface area contributed by atoms with Gasteiger partial charge in [-0.15, -0.1) is 0 Å².